The maximum Gasteiger partial charge on any atom is 0.347 e. The summed E-state index contributed by atoms with van der Waals surface area (Å²) >= 11 is 2.84. The van der Waals surface area contributed by atoms with Gasteiger partial charge in [0.15, 0.2) is 5.13 Å². The number of carboxylic acid groups (broad SMARTS) is 1. The lowest BCUT2D eigenvalue weighted by Gasteiger charge is -2.14. The summed E-state index contributed by atoms with van der Waals surface area (Å²) in [6.45, 7) is 6.58. The van der Waals surface area contributed by atoms with Gasteiger partial charge in [-0.1, -0.05) is 25.2 Å². The molecule has 0 radical (unpaired) electrons. The number of aryl methyl sites for hydroxylation is 1. The van der Waals surface area contributed by atoms with E-state index in [9.17, 15) is 9.90 Å². The van der Waals surface area contributed by atoms with Gasteiger partial charge in [-0.25, -0.2) is 14.8 Å². The Kier molecular flexibility index (Phi) is 4.39. The summed E-state index contributed by atoms with van der Waals surface area (Å²) < 4.78 is 0. The first-order valence-electron chi connectivity index (χ1n) is 6.24. The molecular formula is C13H17N3O2S2. The van der Waals surface area contributed by atoms with Gasteiger partial charge in [-0.05, 0) is 12.8 Å². The molecule has 2 aromatic rings. The molecule has 20 heavy (non-hydrogen) atoms. The zero-order chi connectivity index (χ0) is 14.9. The Morgan fingerprint density at radius 2 is 2.20 bits per heavy atom. The summed E-state index contributed by atoms with van der Waals surface area (Å²) in [6, 6.07) is 0. The minimum atomic E-state index is -0.903. The van der Waals surface area contributed by atoms with E-state index in [1.165, 1.54) is 16.2 Å². The van der Waals surface area contributed by atoms with Crippen molar-refractivity contribution in [3.63, 3.8) is 0 Å². The summed E-state index contributed by atoms with van der Waals surface area (Å²) in [7, 11) is 1.92. The summed E-state index contributed by atoms with van der Waals surface area (Å²) in [5.41, 5.74) is 3.49. The number of carbonyl (C=O) groups is 1. The molecule has 0 aliphatic rings. The number of rotatable bonds is 5. The number of aromatic carboxylic acids is 1. The minimum Gasteiger partial charge on any atom is -0.477 e. The van der Waals surface area contributed by atoms with Crippen molar-refractivity contribution in [3.8, 4) is 0 Å². The van der Waals surface area contributed by atoms with Crippen LogP contribution in [0.2, 0.25) is 0 Å². The average molecular weight is 311 g/mol. The molecule has 0 saturated heterocycles. The van der Waals surface area contributed by atoms with Crippen LogP contribution in [0.4, 0.5) is 5.13 Å². The summed E-state index contributed by atoms with van der Waals surface area (Å²) in [5.74, 6) is -0.801. The molecule has 108 valence electrons. The van der Waals surface area contributed by atoms with Gasteiger partial charge in [-0.2, -0.15) is 0 Å². The largest absolute Gasteiger partial charge is 0.477 e. The molecule has 0 unspecified atom stereocenters. The fraction of sp³-hybridized carbons (Fsp3) is 0.462. The topological polar surface area (TPSA) is 66.3 Å². The highest BCUT2D eigenvalue weighted by Crippen LogP contribution is 2.31. The molecule has 2 aromatic heterocycles. The third-order valence-corrected chi connectivity index (χ3v) is 5.03. The van der Waals surface area contributed by atoms with Gasteiger partial charge < -0.3 is 10.0 Å². The average Bonchev–Trinajstić information content (AvgIpc) is 2.96. The van der Waals surface area contributed by atoms with Crippen LogP contribution in [0.15, 0.2) is 5.51 Å². The van der Waals surface area contributed by atoms with Gasteiger partial charge >= 0.3 is 5.97 Å². The van der Waals surface area contributed by atoms with Crippen LogP contribution < -0.4 is 4.90 Å². The first-order chi connectivity index (χ1) is 9.40. The van der Waals surface area contributed by atoms with Gasteiger partial charge in [0.05, 0.1) is 23.4 Å². The van der Waals surface area contributed by atoms with E-state index in [0.29, 0.717) is 17.1 Å². The molecule has 0 aliphatic carbocycles. The highest BCUT2D eigenvalue weighted by Gasteiger charge is 2.21. The fourth-order valence-corrected chi connectivity index (χ4v) is 3.64. The van der Waals surface area contributed by atoms with E-state index < -0.39 is 5.97 Å². The van der Waals surface area contributed by atoms with E-state index in [-0.39, 0.29) is 5.92 Å². The molecule has 0 bridgehead atoms. The smallest absolute Gasteiger partial charge is 0.347 e. The molecule has 2 rings (SSSR count). The van der Waals surface area contributed by atoms with Crippen LogP contribution in [0.3, 0.4) is 0 Å². The molecule has 0 fully saturated rings. The Labute approximate surface area is 125 Å². The number of hydrogen-bond acceptors (Lipinski definition) is 6. The number of aromatic nitrogens is 2. The lowest BCUT2D eigenvalue weighted by molar-refractivity contribution is 0.0700. The molecule has 0 aromatic carbocycles. The van der Waals surface area contributed by atoms with Gasteiger partial charge in [0.1, 0.15) is 4.88 Å². The molecule has 7 heteroatoms. The van der Waals surface area contributed by atoms with Crippen LogP contribution in [-0.4, -0.2) is 28.1 Å². The molecule has 5 nitrogen and oxygen atoms in total. The summed E-state index contributed by atoms with van der Waals surface area (Å²) in [4.78, 5) is 23.5. The maximum atomic E-state index is 11.3. The predicted molar refractivity (Wildman–Crippen MR) is 82.1 cm³/mol. The minimum absolute atomic E-state index is 0.102. The van der Waals surface area contributed by atoms with Crippen LogP contribution in [0.1, 0.15) is 45.7 Å². The molecular weight excluding hydrogens is 294 g/mol. The van der Waals surface area contributed by atoms with E-state index in [4.69, 9.17) is 0 Å². The van der Waals surface area contributed by atoms with Crippen LogP contribution in [0, 0.1) is 6.92 Å². The van der Waals surface area contributed by atoms with Gasteiger partial charge in [0.2, 0.25) is 0 Å². The van der Waals surface area contributed by atoms with Crippen LogP contribution >= 0.6 is 22.7 Å². The SMILES string of the molecule is Cc1ncsc1CN(C)c1nc(C(C)C)c(C(=O)O)s1. The summed E-state index contributed by atoms with van der Waals surface area (Å²) in [6.07, 6.45) is 0. The number of nitrogens with zero attached hydrogens (tertiary/aromatic N) is 3. The number of anilines is 1. The van der Waals surface area contributed by atoms with Crippen LogP contribution in [0.25, 0.3) is 0 Å². The monoisotopic (exact) mass is 311 g/mol. The van der Waals surface area contributed by atoms with Crippen molar-refractivity contribution in [1.29, 1.82) is 0 Å². The zero-order valence-corrected chi connectivity index (χ0v) is 13.5. The van der Waals surface area contributed by atoms with Gasteiger partial charge in [0, 0.05) is 11.9 Å². The normalized spacial score (nSPS) is 11.1. The van der Waals surface area contributed by atoms with Crippen molar-refractivity contribution >= 4 is 33.8 Å². The lowest BCUT2D eigenvalue weighted by Crippen LogP contribution is -2.16. The van der Waals surface area contributed by atoms with Crippen molar-refractivity contribution in [2.75, 3.05) is 11.9 Å². The van der Waals surface area contributed by atoms with E-state index in [0.717, 1.165) is 10.8 Å². The van der Waals surface area contributed by atoms with E-state index in [1.54, 1.807) is 11.3 Å². The Bertz CT molecular complexity index is 619. The third-order valence-electron chi connectivity index (χ3n) is 2.94. The fourth-order valence-electron chi connectivity index (χ4n) is 1.79. The van der Waals surface area contributed by atoms with Gasteiger partial charge in [0.25, 0.3) is 0 Å². The second-order valence-electron chi connectivity index (χ2n) is 4.89. The van der Waals surface area contributed by atoms with Gasteiger partial charge in [-0.3, -0.25) is 0 Å². The van der Waals surface area contributed by atoms with Crippen LogP contribution in [-0.2, 0) is 6.54 Å². The summed E-state index contributed by atoms with van der Waals surface area (Å²) in [5, 5.41) is 9.99. The van der Waals surface area contributed by atoms with Crippen molar-refractivity contribution in [3.05, 3.63) is 26.7 Å². The standard InChI is InChI=1S/C13H17N3O2S2/c1-7(2)10-11(12(17)18)20-13(15-10)16(4)5-9-8(3)14-6-19-9/h6-7H,5H2,1-4H3,(H,17,18). The zero-order valence-electron chi connectivity index (χ0n) is 11.9. The first kappa shape index (κ1) is 14.9. The maximum absolute atomic E-state index is 11.3. The molecule has 0 spiro atoms. The molecule has 0 saturated carbocycles. The van der Waals surface area contributed by atoms with Crippen molar-refractivity contribution < 1.29 is 9.90 Å². The quantitative estimate of drug-likeness (QED) is 0.917. The van der Waals surface area contributed by atoms with E-state index in [1.807, 2.05) is 38.2 Å². The first-order valence-corrected chi connectivity index (χ1v) is 7.93. The highest BCUT2D eigenvalue weighted by molar-refractivity contribution is 7.17. The van der Waals surface area contributed by atoms with Crippen molar-refractivity contribution in [2.24, 2.45) is 0 Å². The molecule has 0 aliphatic heterocycles. The molecule has 0 atom stereocenters. The Morgan fingerprint density at radius 1 is 1.50 bits per heavy atom. The third kappa shape index (κ3) is 2.99. The molecule has 1 N–H and O–H groups in total. The lowest BCUT2D eigenvalue weighted by atomic mass is 10.1. The van der Waals surface area contributed by atoms with E-state index in [2.05, 4.69) is 9.97 Å². The van der Waals surface area contributed by atoms with Crippen molar-refractivity contribution in [2.45, 2.75) is 33.2 Å². The van der Waals surface area contributed by atoms with Gasteiger partial charge in [-0.15, -0.1) is 11.3 Å². The predicted octanol–water partition coefficient (Wildman–Crippen LogP) is 3.37. The molecule has 2 heterocycles. The second-order valence-corrected chi connectivity index (χ2v) is 6.80. The Morgan fingerprint density at radius 3 is 2.65 bits per heavy atom. The van der Waals surface area contributed by atoms with Crippen LogP contribution in [0.5, 0.6) is 0 Å². The number of thiazole rings is 2. The Hall–Kier alpha value is -1.47. The highest BCUT2D eigenvalue weighted by atomic mass is 32.1. The number of carboxylic acids is 1. The van der Waals surface area contributed by atoms with E-state index >= 15 is 0 Å². The van der Waals surface area contributed by atoms with Crippen molar-refractivity contribution in [1.82, 2.24) is 9.97 Å². The number of hydrogen-bond donors (Lipinski definition) is 1. The molecule has 0 amide bonds. The Balaban J connectivity index is 2.26. The second kappa shape index (κ2) is 5.88.